The standard InChI is InChI=1S/C17H31N3O/c1-16(2,3)15(11-20-10-9-18-14-20)19-12-17(13-21)7-5-4-6-8-17/h9-10,14-15,19,21H,4-8,11-13H2,1-3H3. The van der Waals surface area contributed by atoms with Gasteiger partial charge in [0.05, 0.1) is 6.33 Å². The smallest absolute Gasteiger partial charge is 0.0946 e. The Hall–Kier alpha value is -0.870. The van der Waals surface area contributed by atoms with Crippen molar-refractivity contribution in [2.75, 3.05) is 13.2 Å². The minimum atomic E-state index is 0.0939. The van der Waals surface area contributed by atoms with Gasteiger partial charge in [-0.05, 0) is 18.3 Å². The summed E-state index contributed by atoms with van der Waals surface area (Å²) in [4.78, 5) is 4.13. The third-order valence-corrected chi connectivity index (χ3v) is 4.97. The van der Waals surface area contributed by atoms with Crippen molar-refractivity contribution in [3.8, 4) is 0 Å². The van der Waals surface area contributed by atoms with Crippen LogP contribution in [0.4, 0.5) is 0 Å². The molecule has 0 radical (unpaired) electrons. The molecule has 1 fully saturated rings. The maximum absolute atomic E-state index is 9.86. The molecular formula is C17H31N3O. The van der Waals surface area contributed by atoms with Crippen LogP contribution in [0, 0.1) is 10.8 Å². The highest BCUT2D eigenvalue weighted by atomic mass is 16.3. The molecule has 2 rings (SSSR count). The molecule has 1 heterocycles. The van der Waals surface area contributed by atoms with Crippen molar-refractivity contribution in [2.45, 2.75) is 65.5 Å². The Labute approximate surface area is 129 Å². The van der Waals surface area contributed by atoms with E-state index >= 15 is 0 Å². The molecule has 2 N–H and O–H groups in total. The highest BCUT2D eigenvalue weighted by molar-refractivity contribution is 4.89. The van der Waals surface area contributed by atoms with Crippen molar-refractivity contribution in [1.29, 1.82) is 0 Å². The largest absolute Gasteiger partial charge is 0.396 e. The number of rotatable bonds is 6. The number of aliphatic hydroxyl groups is 1. The van der Waals surface area contributed by atoms with Gasteiger partial charge in [0.1, 0.15) is 0 Å². The van der Waals surface area contributed by atoms with Crippen LogP contribution in [0.25, 0.3) is 0 Å². The van der Waals surface area contributed by atoms with Crippen LogP contribution < -0.4 is 5.32 Å². The summed E-state index contributed by atoms with van der Waals surface area (Å²) in [6.45, 7) is 8.96. The fourth-order valence-electron chi connectivity index (χ4n) is 3.28. The second-order valence-electron chi connectivity index (χ2n) is 7.78. The summed E-state index contributed by atoms with van der Waals surface area (Å²) >= 11 is 0. The molecule has 1 aromatic rings. The molecule has 0 spiro atoms. The Bertz CT molecular complexity index is 402. The Balaban J connectivity index is 1.98. The van der Waals surface area contributed by atoms with Gasteiger partial charge in [0.25, 0.3) is 0 Å². The Morgan fingerprint density at radius 1 is 1.29 bits per heavy atom. The SMILES string of the molecule is CC(C)(C)C(Cn1ccnc1)NCC1(CO)CCCCC1. The lowest BCUT2D eigenvalue weighted by Gasteiger charge is -2.40. The highest BCUT2D eigenvalue weighted by Gasteiger charge is 2.33. The first kappa shape index (κ1) is 16.5. The lowest BCUT2D eigenvalue weighted by Crippen LogP contribution is -2.49. The molecule has 1 aromatic heterocycles. The van der Waals surface area contributed by atoms with Gasteiger partial charge in [0.2, 0.25) is 0 Å². The van der Waals surface area contributed by atoms with Crippen molar-refractivity contribution in [1.82, 2.24) is 14.9 Å². The second kappa shape index (κ2) is 6.93. The van der Waals surface area contributed by atoms with E-state index in [1.807, 2.05) is 18.7 Å². The van der Waals surface area contributed by atoms with E-state index in [0.29, 0.717) is 12.6 Å². The maximum atomic E-state index is 9.86. The predicted molar refractivity (Wildman–Crippen MR) is 86.1 cm³/mol. The normalized spacial score (nSPS) is 20.4. The van der Waals surface area contributed by atoms with Crippen LogP contribution in [-0.2, 0) is 6.54 Å². The topological polar surface area (TPSA) is 50.1 Å². The molecule has 0 aromatic carbocycles. The van der Waals surface area contributed by atoms with E-state index < -0.39 is 0 Å². The van der Waals surface area contributed by atoms with E-state index in [1.54, 1.807) is 0 Å². The summed E-state index contributed by atoms with van der Waals surface area (Å²) in [6, 6.07) is 0.372. The number of hydrogen-bond donors (Lipinski definition) is 2. The third kappa shape index (κ3) is 4.55. The Kier molecular flexibility index (Phi) is 5.44. The molecule has 4 nitrogen and oxygen atoms in total. The lowest BCUT2D eigenvalue weighted by atomic mass is 9.74. The van der Waals surface area contributed by atoms with E-state index in [4.69, 9.17) is 0 Å². The maximum Gasteiger partial charge on any atom is 0.0946 e. The van der Waals surface area contributed by atoms with Gasteiger partial charge < -0.3 is 15.0 Å². The van der Waals surface area contributed by atoms with Crippen molar-refractivity contribution in [3.05, 3.63) is 18.7 Å². The fraction of sp³-hybridized carbons (Fsp3) is 0.824. The van der Waals surface area contributed by atoms with Crippen molar-refractivity contribution in [2.24, 2.45) is 10.8 Å². The average molecular weight is 293 g/mol. The number of aliphatic hydroxyl groups excluding tert-OH is 1. The van der Waals surface area contributed by atoms with E-state index in [-0.39, 0.29) is 10.8 Å². The Morgan fingerprint density at radius 2 is 2.00 bits per heavy atom. The number of hydrogen-bond acceptors (Lipinski definition) is 3. The van der Waals surface area contributed by atoms with Crippen molar-refractivity contribution >= 4 is 0 Å². The zero-order chi connectivity index (χ0) is 15.3. The van der Waals surface area contributed by atoms with Gasteiger partial charge in [-0.3, -0.25) is 0 Å². The monoisotopic (exact) mass is 293 g/mol. The third-order valence-electron chi connectivity index (χ3n) is 4.97. The van der Waals surface area contributed by atoms with E-state index in [2.05, 4.69) is 35.6 Å². The predicted octanol–water partition coefficient (Wildman–Crippen LogP) is 2.83. The zero-order valence-corrected chi connectivity index (χ0v) is 13.8. The van der Waals surface area contributed by atoms with Crippen LogP contribution in [0.1, 0.15) is 52.9 Å². The lowest BCUT2D eigenvalue weighted by molar-refractivity contribution is 0.0706. The summed E-state index contributed by atoms with van der Waals surface area (Å²) in [5.41, 5.74) is 0.270. The van der Waals surface area contributed by atoms with Crippen LogP contribution in [0.2, 0.25) is 0 Å². The molecule has 0 amide bonds. The molecule has 0 saturated heterocycles. The molecule has 1 unspecified atom stereocenters. The van der Waals surface area contributed by atoms with Crippen molar-refractivity contribution in [3.63, 3.8) is 0 Å². The summed E-state index contributed by atoms with van der Waals surface area (Å²) in [7, 11) is 0. The van der Waals surface area contributed by atoms with E-state index in [0.717, 1.165) is 25.9 Å². The van der Waals surface area contributed by atoms with Gasteiger partial charge in [-0.15, -0.1) is 0 Å². The first-order chi connectivity index (χ1) is 9.95. The molecule has 0 bridgehead atoms. The summed E-state index contributed by atoms with van der Waals surface area (Å²) in [6.07, 6.45) is 11.9. The van der Waals surface area contributed by atoms with Gasteiger partial charge in [0.15, 0.2) is 0 Å². The molecule has 1 atom stereocenters. The van der Waals surface area contributed by atoms with Gasteiger partial charge in [-0.1, -0.05) is 40.0 Å². The minimum absolute atomic E-state index is 0.0939. The summed E-state index contributed by atoms with van der Waals surface area (Å²) < 4.78 is 2.13. The van der Waals surface area contributed by atoms with Crippen LogP contribution in [0.5, 0.6) is 0 Å². The molecule has 0 aliphatic heterocycles. The van der Waals surface area contributed by atoms with Gasteiger partial charge >= 0.3 is 0 Å². The molecule has 1 aliphatic rings. The first-order valence-electron chi connectivity index (χ1n) is 8.25. The molecule has 21 heavy (non-hydrogen) atoms. The van der Waals surface area contributed by atoms with E-state index in [9.17, 15) is 5.11 Å². The Morgan fingerprint density at radius 3 is 2.52 bits per heavy atom. The van der Waals surface area contributed by atoms with Crippen LogP contribution in [0.3, 0.4) is 0 Å². The van der Waals surface area contributed by atoms with E-state index in [1.165, 1.54) is 19.3 Å². The number of nitrogens with one attached hydrogen (secondary N) is 1. The molecule has 120 valence electrons. The fourth-order valence-corrected chi connectivity index (χ4v) is 3.28. The van der Waals surface area contributed by atoms with Crippen LogP contribution in [-0.4, -0.2) is 33.9 Å². The number of imidazole rings is 1. The second-order valence-corrected chi connectivity index (χ2v) is 7.78. The highest BCUT2D eigenvalue weighted by Crippen LogP contribution is 2.35. The molecular weight excluding hydrogens is 262 g/mol. The summed E-state index contributed by atoms with van der Waals surface area (Å²) in [5.74, 6) is 0. The van der Waals surface area contributed by atoms with Crippen LogP contribution in [0.15, 0.2) is 18.7 Å². The van der Waals surface area contributed by atoms with Gasteiger partial charge in [-0.25, -0.2) is 4.98 Å². The average Bonchev–Trinajstić information content (AvgIpc) is 2.96. The molecule has 1 saturated carbocycles. The van der Waals surface area contributed by atoms with Crippen molar-refractivity contribution < 1.29 is 5.11 Å². The zero-order valence-electron chi connectivity index (χ0n) is 13.8. The molecule has 4 heteroatoms. The molecule has 1 aliphatic carbocycles. The quantitative estimate of drug-likeness (QED) is 0.848. The number of aromatic nitrogens is 2. The van der Waals surface area contributed by atoms with Gasteiger partial charge in [0, 0.05) is 43.5 Å². The summed E-state index contributed by atoms with van der Waals surface area (Å²) in [5, 5.41) is 13.6. The minimum Gasteiger partial charge on any atom is -0.396 e. The number of nitrogens with zero attached hydrogens (tertiary/aromatic N) is 2. The van der Waals surface area contributed by atoms with Gasteiger partial charge in [-0.2, -0.15) is 0 Å². The van der Waals surface area contributed by atoms with Crippen LogP contribution >= 0.6 is 0 Å². The first-order valence-corrected chi connectivity index (χ1v) is 8.25.